The normalized spacial score (nSPS) is 20.2. The standard InChI is InChI=1S/C13H19N3O2/c1-3-11-4-5-15(9-11)6-7-16-12(17)8-10(2)14-13(16)18/h3,8,11H,1,4-7,9H2,2H3,(H,14,18). The van der Waals surface area contributed by atoms with E-state index < -0.39 is 0 Å². The van der Waals surface area contributed by atoms with E-state index in [0.717, 1.165) is 26.1 Å². The highest BCUT2D eigenvalue weighted by Crippen LogP contribution is 2.15. The van der Waals surface area contributed by atoms with Crippen LogP contribution in [0.3, 0.4) is 0 Å². The minimum absolute atomic E-state index is 0.226. The molecular weight excluding hydrogens is 230 g/mol. The van der Waals surface area contributed by atoms with Crippen molar-refractivity contribution in [1.82, 2.24) is 14.5 Å². The first-order valence-corrected chi connectivity index (χ1v) is 6.26. The lowest BCUT2D eigenvalue weighted by Crippen LogP contribution is -2.38. The molecule has 0 aromatic carbocycles. The monoisotopic (exact) mass is 249 g/mol. The van der Waals surface area contributed by atoms with E-state index in [0.29, 0.717) is 18.2 Å². The van der Waals surface area contributed by atoms with Gasteiger partial charge in [0, 0.05) is 31.4 Å². The van der Waals surface area contributed by atoms with E-state index >= 15 is 0 Å². The molecule has 1 aliphatic heterocycles. The van der Waals surface area contributed by atoms with E-state index in [1.54, 1.807) is 6.92 Å². The SMILES string of the molecule is C=CC1CCN(CCn2c(=O)cc(C)[nH]c2=O)C1. The van der Waals surface area contributed by atoms with Crippen molar-refractivity contribution >= 4 is 0 Å². The second kappa shape index (κ2) is 5.35. The summed E-state index contributed by atoms with van der Waals surface area (Å²) in [5.74, 6) is 0.540. The molecule has 0 spiro atoms. The van der Waals surface area contributed by atoms with Crippen LogP contribution in [0, 0.1) is 12.8 Å². The van der Waals surface area contributed by atoms with Crippen LogP contribution in [0.25, 0.3) is 0 Å². The Balaban J connectivity index is 2.01. The van der Waals surface area contributed by atoms with Crippen LogP contribution in [0.2, 0.25) is 0 Å². The molecule has 1 fully saturated rings. The van der Waals surface area contributed by atoms with Crippen molar-refractivity contribution in [2.45, 2.75) is 19.9 Å². The van der Waals surface area contributed by atoms with Crippen LogP contribution >= 0.6 is 0 Å². The molecule has 5 heteroatoms. The number of rotatable bonds is 4. The number of aryl methyl sites for hydroxylation is 1. The third kappa shape index (κ3) is 2.79. The second-order valence-corrected chi connectivity index (χ2v) is 4.83. The van der Waals surface area contributed by atoms with Gasteiger partial charge in [-0.2, -0.15) is 0 Å². The average Bonchev–Trinajstić information content (AvgIpc) is 2.75. The Kier molecular flexibility index (Phi) is 3.81. The van der Waals surface area contributed by atoms with Gasteiger partial charge in [-0.25, -0.2) is 4.79 Å². The van der Waals surface area contributed by atoms with Crippen molar-refractivity contribution in [3.8, 4) is 0 Å². The molecule has 18 heavy (non-hydrogen) atoms. The van der Waals surface area contributed by atoms with Gasteiger partial charge in [0.15, 0.2) is 0 Å². The summed E-state index contributed by atoms with van der Waals surface area (Å²) in [5.41, 5.74) is 0.0596. The predicted molar refractivity (Wildman–Crippen MR) is 70.8 cm³/mol. The Bertz CT molecular complexity index is 513. The fourth-order valence-electron chi connectivity index (χ4n) is 2.35. The number of hydrogen-bond donors (Lipinski definition) is 1. The minimum atomic E-state index is -0.320. The largest absolute Gasteiger partial charge is 0.328 e. The third-order valence-electron chi connectivity index (χ3n) is 3.44. The van der Waals surface area contributed by atoms with Crippen LogP contribution in [-0.2, 0) is 6.54 Å². The summed E-state index contributed by atoms with van der Waals surface area (Å²) in [7, 11) is 0. The molecule has 1 saturated heterocycles. The molecule has 0 aliphatic carbocycles. The maximum Gasteiger partial charge on any atom is 0.328 e. The van der Waals surface area contributed by atoms with Gasteiger partial charge in [0.05, 0.1) is 0 Å². The molecule has 1 aliphatic rings. The zero-order valence-corrected chi connectivity index (χ0v) is 10.7. The first kappa shape index (κ1) is 12.8. The number of nitrogens with one attached hydrogen (secondary N) is 1. The molecular formula is C13H19N3O2. The molecule has 1 aromatic rings. The van der Waals surface area contributed by atoms with Crippen molar-refractivity contribution in [3.63, 3.8) is 0 Å². The van der Waals surface area contributed by atoms with Gasteiger partial charge in [0.1, 0.15) is 0 Å². The van der Waals surface area contributed by atoms with Gasteiger partial charge in [0.25, 0.3) is 5.56 Å². The van der Waals surface area contributed by atoms with E-state index in [4.69, 9.17) is 0 Å². The predicted octanol–water partition coefficient (Wildman–Crippen LogP) is 0.353. The summed E-state index contributed by atoms with van der Waals surface area (Å²) in [6.45, 7) is 8.67. The van der Waals surface area contributed by atoms with Crippen molar-refractivity contribution in [2.75, 3.05) is 19.6 Å². The molecule has 5 nitrogen and oxygen atoms in total. The van der Waals surface area contributed by atoms with Crippen molar-refractivity contribution in [2.24, 2.45) is 5.92 Å². The van der Waals surface area contributed by atoms with E-state index in [-0.39, 0.29) is 11.2 Å². The molecule has 1 N–H and O–H groups in total. The Morgan fingerprint density at radius 3 is 2.89 bits per heavy atom. The number of aromatic amines is 1. The first-order chi connectivity index (χ1) is 8.60. The summed E-state index contributed by atoms with van der Waals surface area (Å²) in [5, 5.41) is 0. The highest BCUT2D eigenvalue weighted by molar-refractivity contribution is 4.96. The fourth-order valence-corrected chi connectivity index (χ4v) is 2.35. The zero-order valence-electron chi connectivity index (χ0n) is 10.7. The number of likely N-dealkylation sites (tertiary alicyclic amines) is 1. The lowest BCUT2D eigenvalue weighted by atomic mass is 10.1. The zero-order chi connectivity index (χ0) is 13.1. The van der Waals surface area contributed by atoms with Gasteiger partial charge in [0.2, 0.25) is 0 Å². The molecule has 0 amide bonds. The van der Waals surface area contributed by atoms with Crippen LogP contribution in [0.15, 0.2) is 28.3 Å². The van der Waals surface area contributed by atoms with Crippen LogP contribution < -0.4 is 11.2 Å². The number of aromatic nitrogens is 2. The first-order valence-electron chi connectivity index (χ1n) is 6.26. The van der Waals surface area contributed by atoms with Crippen LogP contribution in [0.1, 0.15) is 12.1 Å². The molecule has 1 unspecified atom stereocenters. The van der Waals surface area contributed by atoms with Crippen molar-refractivity contribution < 1.29 is 0 Å². The summed E-state index contributed by atoms with van der Waals surface area (Å²) in [6.07, 6.45) is 3.09. The summed E-state index contributed by atoms with van der Waals surface area (Å²) < 4.78 is 1.26. The molecule has 1 aromatic heterocycles. The minimum Gasteiger partial charge on any atom is -0.311 e. The maximum absolute atomic E-state index is 11.7. The van der Waals surface area contributed by atoms with Gasteiger partial charge in [-0.3, -0.25) is 9.36 Å². The molecule has 0 bridgehead atoms. The Morgan fingerprint density at radius 1 is 1.50 bits per heavy atom. The van der Waals surface area contributed by atoms with Gasteiger partial charge in [-0.05, 0) is 25.8 Å². The Labute approximate surface area is 106 Å². The van der Waals surface area contributed by atoms with Crippen molar-refractivity contribution in [3.05, 3.63) is 45.3 Å². The van der Waals surface area contributed by atoms with Crippen LogP contribution in [-0.4, -0.2) is 34.1 Å². The third-order valence-corrected chi connectivity index (χ3v) is 3.44. The smallest absolute Gasteiger partial charge is 0.311 e. The topological polar surface area (TPSA) is 58.1 Å². The number of nitrogens with zero attached hydrogens (tertiary/aromatic N) is 2. The van der Waals surface area contributed by atoms with Crippen LogP contribution in [0.5, 0.6) is 0 Å². The number of hydrogen-bond acceptors (Lipinski definition) is 3. The quantitative estimate of drug-likeness (QED) is 0.784. The Hall–Kier alpha value is -1.62. The molecule has 2 heterocycles. The van der Waals surface area contributed by atoms with Gasteiger partial charge in [-0.1, -0.05) is 6.08 Å². The average molecular weight is 249 g/mol. The van der Waals surface area contributed by atoms with E-state index in [9.17, 15) is 9.59 Å². The Morgan fingerprint density at radius 2 is 2.28 bits per heavy atom. The lowest BCUT2D eigenvalue weighted by molar-refractivity contribution is 0.311. The summed E-state index contributed by atoms with van der Waals surface area (Å²) in [6, 6.07) is 1.46. The van der Waals surface area contributed by atoms with Gasteiger partial charge in [-0.15, -0.1) is 6.58 Å². The van der Waals surface area contributed by atoms with E-state index in [2.05, 4.69) is 16.5 Å². The van der Waals surface area contributed by atoms with Crippen molar-refractivity contribution in [1.29, 1.82) is 0 Å². The van der Waals surface area contributed by atoms with Gasteiger partial charge < -0.3 is 9.88 Å². The highest BCUT2D eigenvalue weighted by atomic mass is 16.2. The summed E-state index contributed by atoms with van der Waals surface area (Å²) in [4.78, 5) is 28.3. The highest BCUT2D eigenvalue weighted by Gasteiger charge is 2.19. The van der Waals surface area contributed by atoms with E-state index in [1.807, 2.05) is 6.08 Å². The second-order valence-electron chi connectivity index (χ2n) is 4.83. The molecule has 0 saturated carbocycles. The maximum atomic E-state index is 11.7. The molecule has 0 radical (unpaired) electrons. The summed E-state index contributed by atoms with van der Waals surface area (Å²) >= 11 is 0. The fraction of sp³-hybridized carbons (Fsp3) is 0.538. The van der Waals surface area contributed by atoms with E-state index in [1.165, 1.54) is 10.6 Å². The molecule has 1 atom stereocenters. The molecule has 2 rings (SSSR count). The van der Waals surface area contributed by atoms with Crippen LogP contribution in [0.4, 0.5) is 0 Å². The van der Waals surface area contributed by atoms with Gasteiger partial charge >= 0.3 is 5.69 Å². The lowest BCUT2D eigenvalue weighted by Gasteiger charge is -2.15. The number of H-pyrrole nitrogens is 1. The molecule has 98 valence electrons.